The minimum Gasteiger partial charge on any atom is -0.443 e. The number of alkyl carbamates (subject to hydrolysis) is 1. The number of nitrogens with two attached hydrogens (primary N) is 1. The minimum absolute atomic E-state index is 0.0244. The van der Waals surface area contributed by atoms with Gasteiger partial charge in [-0.1, -0.05) is 56.3 Å². The highest BCUT2D eigenvalue weighted by Gasteiger charge is 2.44. The van der Waals surface area contributed by atoms with Crippen molar-refractivity contribution in [1.29, 1.82) is 0 Å². The Kier molecular flexibility index (Phi) is 9.67. The van der Waals surface area contributed by atoms with Gasteiger partial charge in [0.25, 0.3) is 0 Å². The molecule has 0 spiro atoms. The Morgan fingerprint density at radius 3 is 2.58 bits per heavy atom. The molecule has 232 valence electrons. The molecular formula is C30H39N5O7S. The third-order valence-corrected chi connectivity index (χ3v) is 9.51. The number of fused-ring (bicyclic) bond motifs is 1. The van der Waals surface area contributed by atoms with E-state index in [9.17, 15) is 18.3 Å². The Balaban J connectivity index is 1.32. The van der Waals surface area contributed by atoms with Gasteiger partial charge in [0.2, 0.25) is 10.0 Å². The van der Waals surface area contributed by atoms with Crippen molar-refractivity contribution in [3.63, 3.8) is 0 Å². The normalized spacial score (nSPS) is 21.6. The summed E-state index contributed by atoms with van der Waals surface area (Å²) < 4.78 is 45.7. The third kappa shape index (κ3) is 7.54. The average Bonchev–Trinajstić information content (AvgIpc) is 3.72. The smallest absolute Gasteiger partial charge is 0.407 e. The van der Waals surface area contributed by atoms with Gasteiger partial charge < -0.3 is 35.4 Å². The summed E-state index contributed by atoms with van der Waals surface area (Å²) in [5, 5.41) is 14.3. The number of anilines is 1. The quantitative estimate of drug-likeness (QED) is 0.240. The number of aromatic amines is 1. The fourth-order valence-electron chi connectivity index (χ4n) is 5.47. The summed E-state index contributed by atoms with van der Waals surface area (Å²) in [6.45, 7) is 4.53. The third-order valence-electron chi connectivity index (χ3n) is 7.67. The van der Waals surface area contributed by atoms with Crippen LogP contribution >= 0.6 is 0 Å². The van der Waals surface area contributed by atoms with Gasteiger partial charge in [-0.2, -0.15) is 4.31 Å². The van der Waals surface area contributed by atoms with E-state index in [4.69, 9.17) is 19.9 Å². The molecule has 0 aliphatic carbocycles. The van der Waals surface area contributed by atoms with Gasteiger partial charge in [-0.15, -0.1) is 0 Å². The number of nitrogens with one attached hydrogen (secondary N) is 2. The molecule has 13 heteroatoms. The van der Waals surface area contributed by atoms with Gasteiger partial charge in [-0.3, -0.25) is 0 Å². The second-order valence-corrected chi connectivity index (χ2v) is 13.3. The predicted octanol–water partition coefficient (Wildman–Crippen LogP) is 2.77. The van der Waals surface area contributed by atoms with Crippen molar-refractivity contribution in [2.75, 3.05) is 32.0 Å². The number of aliphatic hydroxyl groups excluding tert-OH is 1. The number of amides is 1. The van der Waals surface area contributed by atoms with Gasteiger partial charge >= 0.3 is 6.09 Å². The summed E-state index contributed by atoms with van der Waals surface area (Å²) in [5.41, 5.74) is 7.94. The lowest BCUT2D eigenvalue weighted by Crippen LogP contribution is -2.51. The van der Waals surface area contributed by atoms with E-state index in [1.165, 1.54) is 16.4 Å². The van der Waals surface area contributed by atoms with Gasteiger partial charge in [0.05, 0.1) is 48.1 Å². The number of imidazole rings is 1. The molecule has 0 bridgehead atoms. The lowest BCUT2D eigenvalue weighted by molar-refractivity contribution is -0.0907. The van der Waals surface area contributed by atoms with E-state index in [0.717, 1.165) is 17.5 Å². The number of benzene rings is 2. The zero-order chi connectivity index (χ0) is 30.6. The molecule has 43 heavy (non-hydrogen) atoms. The lowest BCUT2D eigenvalue weighted by Gasteiger charge is -2.31. The molecule has 2 saturated heterocycles. The number of nitrogen functional groups attached to an aromatic ring is 1. The maximum Gasteiger partial charge on any atom is 0.407 e. The predicted molar refractivity (Wildman–Crippen MR) is 159 cm³/mol. The monoisotopic (exact) mass is 613 g/mol. The van der Waals surface area contributed by atoms with Crippen LogP contribution in [-0.4, -0.2) is 84.7 Å². The molecule has 2 aromatic carbocycles. The number of H-pyrrole nitrogens is 1. The van der Waals surface area contributed by atoms with Gasteiger partial charge in [0, 0.05) is 13.1 Å². The van der Waals surface area contributed by atoms with E-state index in [1.54, 1.807) is 18.3 Å². The molecule has 2 aliphatic rings. The number of carbonyl (C=O) groups is 1. The van der Waals surface area contributed by atoms with Crippen LogP contribution in [0, 0.1) is 11.8 Å². The van der Waals surface area contributed by atoms with Crippen molar-refractivity contribution in [3.8, 4) is 11.3 Å². The zero-order valence-corrected chi connectivity index (χ0v) is 25.1. The van der Waals surface area contributed by atoms with Gasteiger partial charge in [-0.05, 0) is 42.0 Å². The number of aromatic nitrogens is 2. The van der Waals surface area contributed by atoms with E-state index in [0.29, 0.717) is 12.3 Å². The molecule has 2 aliphatic heterocycles. The number of ether oxygens (including phenoxy) is 3. The summed E-state index contributed by atoms with van der Waals surface area (Å²) in [4.78, 5) is 20.0. The van der Waals surface area contributed by atoms with Crippen LogP contribution in [-0.2, 0) is 30.7 Å². The summed E-state index contributed by atoms with van der Waals surface area (Å²) in [6.07, 6.45) is -0.190. The van der Waals surface area contributed by atoms with Crippen LogP contribution in [0.1, 0.15) is 25.8 Å². The Bertz CT molecular complexity index is 1470. The topological polar surface area (TPSA) is 169 Å². The van der Waals surface area contributed by atoms with Crippen LogP contribution in [0.5, 0.6) is 0 Å². The number of carbonyl (C=O) groups excluding carboxylic acids is 1. The molecule has 0 unspecified atom stereocenters. The van der Waals surface area contributed by atoms with Crippen LogP contribution in [0.2, 0.25) is 0 Å². The Morgan fingerprint density at radius 2 is 1.91 bits per heavy atom. The molecule has 3 heterocycles. The van der Waals surface area contributed by atoms with Crippen molar-refractivity contribution < 1.29 is 32.5 Å². The molecule has 5 rings (SSSR count). The molecule has 2 fully saturated rings. The molecule has 12 nitrogen and oxygen atoms in total. The zero-order valence-electron chi connectivity index (χ0n) is 24.3. The highest BCUT2D eigenvalue weighted by Crippen LogP contribution is 2.33. The number of aliphatic hydroxyl groups is 1. The fourth-order valence-corrected chi connectivity index (χ4v) is 7.10. The number of hydrogen-bond donors (Lipinski definition) is 4. The number of nitrogens with zero attached hydrogens (tertiary/aromatic N) is 2. The van der Waals surface area contributed by atoms with E-state index in [-0.39, 0.29) is 55.1 Å². The van der Waals surface area contributed by atoms with Gasteiger partial charge in [0.15, 0.2) is 12.2 Å². The Morgan fingerprint density at radius 1 is 1.16 bits per heavy atom. The van der Waals surface area contributed by atoms with Crippen molar-refractivity contribution in [1.82, 2.24) is 19.6 Å². The van der Waals surface area contributed by atoms with Crippen LogP contribution in [0.3, 0.4) is 0 Å². The maximum absolute atomic E-state index is 13.8. The largest absolute Gasteiger partial charge is 0.443 e. The highest BCUT2D eigenvalue weighted by molar-refractivity contribution is 7.89. The second kappa shape index (κ2) is 13.4. The van der Waals surface area contributed by atoms with Crippen molar-refractivity contribution in [2.24, 2.45) is 11.8 Å². The molecule has 5 atom stereocenters. The molecule has 5 N–H and O–H groups in total. The summed E-state index contributed by atoms with van der Waals surface area (Å²) in [7, 11) is -4.00. The molecular weight excluding hydrogens is 574 g/mol. The molecule has 1 amide bonds. The average molecular weight is 614 g/mol. The summed E-state index contributed by atoms with van der Waals surface area (Å²) in [5.74, 6) is 0.204. The van der Waals surface area contributed by atoms with E-state index >= 15 is 0 Å². The fraction of sp³-hybridized carbons (Fsp3) is 0.467. The van der Waals surface area contributed by atoms with Gasteiger partial charge in [0.1, 0.15) is 6.10 Å². The first-order valence-electron chi connectivity index (χ1n) is 14.4. The Hall–Kier alpha value is -3.49. The summed E-state index contributed by atoms with van der Waals surface area (Å²) in [6, 6.07) is 14.9. The standard InChI is InChI=1S/C30H39N5O7S/c1-19(2)16-35(43(38,39)22-10-8-21(9-11-22)25-15-32-29(31)33-25)17-26(36)24(14-20-6-4-3-5-7-20)34-30(37)42-27-18-41-28-23(27)12-13-40-28/h3-11,15,19,23-24,26-28,36H,12-14,16-18H2,1-2H3,(H,34,37)(H3,31,32,33)/t23-,24-,26+,27-,28+/m0/s1. The van der Waals surface area contributed by atoms with Crippen LogP contribution < -0.4 is 11.1 Å². The molecule has 0 saturated carbocycles. The lowest BCUT2D eigenvalue weighted by atomic mass is 10.0. The highest BCUT2D eigenvalue weighted by atomic mass is 32.2. The van der Waals surface area contributed by atoms with Gasteiger partial charge in [-0.25, -0.2) is 18.2 Å². The Labute approximate surface area is 251 Å². The first-order valence-corrected chi connectivity index (χ1v) is 15.9. The van der Waals surface area contributed by atoms with Crippen molar-refractivity contribution in [3.05, 3.63) is 66.4 Å². The first kappa shape index (κ1) is 31.0. The van der Waals surface area contributed by atoms with E-state index in [1.807, 2.05) is 44.2 Å². The SMILES string of the molecule is CC(C)CN(C[C@@H](O)[C@H](Cc1ccccc1)NC(=O)O[C@H]1CO[C@H]2OCC[C@H]21)S(=O)(=O)c1ccc(-c2cnc(N)[nH]2)cc1. The summed E-state index contributed by atoms with van der Waals surface area (Å²) >= 11 is 0. The number of hydrogen-bond acceptors (Lipinski definition) is 9. The minimum atomic E-state index is -4.00. The molecule has 0 radical (unpaired) electrons. The maximum atomic E-state index is 13.8. The number of sulfonamides is 1. The van der Waals surface area contributed by atoms with Crippen molar-refractivity contribution >= 4 is 22.1 Å². The second-order valence-electron chi connectivity index (χ2n) is 11.4. The number of rotatable bonds is 12. The van der Waals surface area contributed by atoms with E-state index in [2.05, 4.69) is 15.3 Å². The van der Waals surface area contributed by atoms with Crippen molar-refractivity contribution in [2.45, 2.75) is 56.1 Å². The van der Waals surface area contributed by atoms with E-state index < -0.39 is 34.4 Å². The van der Waals surface area contributed by atoms with Crippen LogP contribution in [0.25, 0.3) is 11.3 Å². The molecule has 3 aromatic rings. The van der Waals surface area contributed by atoms with Crippen LogP contribution in [0.15, 0.2) is 65.7 Å². The molecule has 1 aromatic heterocycles. The van der Waals surface area contributed by atoms with Crippen LogP contribution in [0.4, 0.5) is 10.7 Å². The first-order chi connectivity index (χ1) is 20.6.